The number of likely N-dealkylation sites (N-methyl/N-ethyl adjacent to an activating group) is 2. The smallest absolute Gasteiger partial charge is 0.342 e. The van der Waals surface area contributed by atoms with Crippen LogP contribution in [0.5, 0.6) is 0 Å². The first kappa shape index (κ1) is 21.8. The summed E-state index contributed by atoms with van der Waals surface area (Å²) in [5, 5.41) is 0. The number of carbonyl (C=O) groups is 2. The van der Waals surface area contributed by atoms with Gasteiger partial charge >= 0.3 is 12.4 Å². The van der Waals surface area contributed by atoms with Crippen LogP contribution in [0.2, 0.25) is 0 Å². The van der Waals surface area contributed by atoms with E-state index in [4.69, 9.17) is 0 Å². The Labute approximate surface area is 146 Å². The standard InChI is InChI=1S/C16H18F6N2O2/c1-4-24(5-2)13(25)9-23(3)14(26)10-6-11(15(17,18)19)8-12(7-10)16(20,21)22/h6-8H,4-5,9H2,1-3H3. The molecular formula is C16H18F6N2O2. The van der Waals surface area contributed by atoms with Gasteiger partial charge in [0, 0.05) is 25.7 Å². The Balaban J connectivity index is 3.20. The third kappa shape index (κ3) is 5.37. The molecule has 0 aliphatic rings. The summed E-state index contributed by atoms with van der Waals surface area (Å²) in [7, 11) is 1.14. The molecular weight excluding hydrogens is 366 g/mol. The van der Waals surface area contributed by atoms with Crippen LogP contribution >= 0.6 is 0 Å². The Hall–Kier alpha value is -2.26. The van der Waals surface area contributed by atoms with E-state index in [1.165, 1.54) is 4.90 Å². The largest absolute Gasteiger partial charge is 0.416 e. The Morgan fingerprint density at radius 2 is 1.31 bits per heavy atom. The summed E-state index contributed by atoms with van der Waals surface area (Å²) >= 11 is 0. The molecule has 4 nitrogen and oxygen atoms in total. The minimum Gasteiger partial charge on any atom is -0.342 e. The molecule has 0 spiro atoms. The molecule has 0 atom stereocenters. The van der Waals surface area contributed by atoms with E-state index in [1.807, 2.05) is 0 Å². The van der Waals surface area contributed by atoms with Crippen molar-refractivity contribution < 1.29 is 35.9 Å². The molecule has 1 rings (SSSR count). The second kappa shape index (κ2) is 7.96. The molecule has 0 fully saturated rings. The number of rotatable bonds is 5. The van der Waals surface area contributed by atoms with Crippen molar-refractivity contribution in [1.82, 2.24) is 9.80 Å². The minimum atomic E-state index is -5.05. The summed E-state index contributed by atoms with van der Waals surface area (Å²) in [5.41, 5.74) is -3.96. The van der Waals surface area contributed by atoms with Crippen molar-refractivity contribution in [3.05, 3.63) is 34.9 Å². The van der Waals surface area contributed by atoms with Crippen LogP contribution in [0.25, 0.3) is 0 Å². The lowest BCUT2D eigenvalue weighted by atomic mass is 10.0. The summed E-state index contributed by atoms with van der Waals surface area (Å²) in [6.07, 6.45) is -10.1. The first-order valence-electron chi connectivity index (χ1n) is 7.64. The normalized spacial score (nSPS) is 12.0. The van der Waals surface area contributed by atoms with Gasteiger partial charge < -0.3 is 9.80 Å². The van der Waals surface area contributed by atoms with Crippen molar-refractivity contribution >= 4 is 11.8 Å². The van der Waals surface area contributed by atoms with Gasteiger partial charge in [0.15, 0.2) is 0 Å². The number of nitrogens with zero attached hydrogens (tertiary/aromatic N) is 2. The fraction of sp³-hybridized carbons (Fsp3) is 0.500. The fourth-order valence-corrected chi connectivity index (χ4v) is 2.25. The maximum atomic E-state index is 12.9. The minimum absolute atomic E-state index is 0.0577. The molecule has 0 N–H and O–H groups in total. The molecule has 2 amide bonds. The number of carbonyl (C=O) groups excluding carboxylic acids is 2. The average molecular weight is 384 g/mol. The molecule has 0 aliphatic carbocycles. The molecule has 0 unspecified atom stereocenters. The van der Waals surface area contributed by atoms with Gasteiger partial charge in [0.1, 0.15) is 0 Å². The second-order valence-corrected chi connectivity index (χ2v) is 5.52. The lowest BCUT2D eigenvalue weighted by molar-refractivity contribution is -0.143. The van der Waals surface area contributed by atoms with Crippen molar-refractivity contribution in [2.24, 2.45) is 0 Å². The zero-order valence-corrected chi connectivity index (χ0v) is 14.3. The number of halogens is 6. The van der Waals surface area contributed by atoms with Crippen molar-refractivity contribution in [2.75, 3.05) is 26.7 Å². The topological polar surface area (TPSA) is 40.6 Å². The Morgan fingerprint density at radius 1 is 0.885 bits per heavy atom. The van der Waals surface area contributed by atoms with Crippen LogP contribution in [0.1, 0.15) is 35.3 Å². The van der Waals surface area contributed by atoms with Gasteiger partial charge in [-0.2, -0.15) is 26.3 Å². The quantitative estimate of drug-likeness (QED) is 0.727. The average Bonchev–Trinajstić information content (AvgIpc) is 2.53. The highest BCUT2D eigenvalue weighted by molar-refractivity contribution is 5.96. The van der Waals surface area contributed by atoms with E-state index >= 15 is 0 Å². The molecule has 0 saturated heterocycles. The van der Waals surface area contributed by atoms with E-state index in [2.05, 4.69) is 0 Å². The summed E-state index contributed by atoms with van der Waals surface area (Å²) < 4.78 is 77.1. The van der Waals surface area contributed by atoms with E-state index in [0.29, 0.717) is 25.2 Å². The van der Waals surface area contributed by atoms with Crippen molar-refractivity contribution in [1.29, 1.82) is 0 Å². The van der Waals surface area contributed by atoms with E-state index in [1.54, 1.807) is 13.8 Å². The summed E-state index contributed by atoms with van der Waals surface area (Å²) in [5.74, 6) is -1.57. The van der Waals surface area contributed by atoms with Gasteiger partial charge in [-0.05, 0) is 32.0 Å². The van der Waals surface area contributed by atoms with Crippen LogP contribution in [-0.4, -0.2) is 48.3 Å². The lowest BCUT2D eigenvalue weighted by Crippen LogP contribution is -2.41. The zero-order valence-electron chi connectivity index (χ0n) is 14.3. The van der Waals surface area contributed by atoms with Gasteiger partial charge in [-0.25, -0.2) is 0 Å². The van der Waals surface area contributed by atoms with Gasteiger partial charge in [0.2, 0.25) is 5.91 Å². The predicted octanol–water partition coefficient (Wildman–Crippen LogP) is 3.66. The summed E-state index contributed by atoms with van der Waals surface area (Å²) in [6.45, 7) is 3.66. The number of hydrogen-bond donors (Lipinski definition) is 0. The monoisotopic (exact) mass is 384 g/mol. The van der Waals surface area contributed by atoms with E-state index in [-0.39, 0.29) is 6.07 Å². The van der Waals surface area contributed by atoms with Gasteiger partial charge in [-0.15, -0.1) is 0 Å². The third-order valence-corrected chi connectivity index (χ3v) is 3.67. The fourth-order valence-electron chi connectivity index (χ4n) is 2.25. The van der Waals surface area contributed by atoms with Crippen molar-refractivity contribution in [3.8, 4) is 0 Å². The molecule has 0 radical (unpaired) electrons. The maximum absolute atomic E-state index is 12.9. The molecule has 10 heteroatoms. The Morgan fingerprint density at radius 3 is 1.65 bits per heavy atom. The summed E-state index contributed by atoms with van der Waals surface area (Å²) in [4.78, 5) is 26.4. The highest BCUT2D eigenvalue weighted by Crippen LogP contribution is 2.36. The van der Waals surface area contributed by atoms with E-state index in [9.17, 15) is 35.9 Å². The molecule has 1 aromatic carbocycles. The predicted molar refractivity (Wildman–Crippen MR) is 81.3 cm³/mol. The van der Waals surface area contributed by atoms with E-state index < -0.39 is 47.4 Å². The van der Waals surface area contributed by atoms with Gasteiger partial charge in [-0.1, -0.05) is 0 Å². The first-order valence-corrected chi connectivity index (χ1v) is 7.64. The van der Waals surface area contributed by atoms with Gasteiger partial charge in [0.05, 0.1) is 17.7 Å². The number of benzene rings is 1. The lowest BCUT2D eigenvalue weighted by Gasteiger charge is -2.23. The van der Waals surface area contributed by atoms with Crippen LogP contribution in [0.15, 0.2) is 18.2 Å². The molecule has 26 heavy (non-hydrogen) atoms. The zero-order chi connectivity index (χ0) is 20.3. The third-order valence-electron chi connectivity index (χ3n) is 3.67. The number of hydrogen-bond acceptors (Lipinski definition) is 2. The van der Waals surface area contributed by atoms with Gasteiger partial charge in [-0.3, -0.25) is 9.59 Å². The SMILES string of the molecule is CCN(CC)C(=O)CN(C)C(=O)c1cc(C(F)(F)F)cc(C(F)(F)F)c1. The number of alkyl halides is 6. The van der Waals surface area contributed by atoms with Gasteiger partial charge in [0.25, 0.3) is 5.91 Å². The Kier molecular flexibility index (Phi) is 6.67. The van der Waals surface area contributed by atoms with Crippen LogP contribution in [0.3, 0.4) is 0 Å². The molecule has 0 bridgehead atoms. The summed E-state index contributed by atoms with van der Waals surface area (Å²) in [6, 6.07) is 0.629. The van der Waals surface area contributed by atoms with Crippen LogP contribution in [0.4, 0.5) is 26.3 Å². The first-order chi connectivity index (χ1) is 11.8. The highest BCUT2D eigenvalue weighted by Gasteiger charge is 2.37. The molecule has 146 valence electrons. The highest BCUT2D eigenvalue weighted by atomic mass is 19.4. The van der Waals surface area contributed by atoms with Crippen molar-refractivity contribution in [3.63, 3.8) is 0 Å². The Bertz CT molecular complexity index is 633. The maximum Gasteiger partial charge on any atom is 0.416 e. The molecule has 0 heterocycles. The second-order valence-electron chi connectivity index (χ2n) is 5.52. The molecule has 0 aliphatic heterocycles. The van der Waals surface area contributed by atoms with Crippen LogP contribution < -0.4 is 0 Å². The van der Waals surface area contributed by atoms with Crippen LogP contribution in [0, 0.1) is 0 Å². The molecule has 0 saturated carbocycles. The van der Waals surface area contributed by atoms with Crippen LogP contribution in [-0.2, 0) is 17.1 Å². The van der Waals surface area contributed by atoms with Crippen molar-refractivity contribution in [2.45, 2.75) is 26.2 Å². The molecule has 0 aromatic heterocycles. The number of amides is 2. The molecule has 1 aromatic rings. The van der Waals surface area contributed by atoms with E-state index in [0.717, 1.165) is 11.9 Å².